The molecule has 0 aliphatic carbocycles. The van der Waals surface area contributed by atoms with E-state index in [1.165, 1.54) is 0 Å². The normalized spacial score (nSPS) is 5.90. The van der Waals surface area contributed by atoms with E-state index in [0.29, 0.717) is 0 Å². The van der Waals surface area contributed by atoms with E-state index in [-0.39, 0.29) is 119 Å². The van der Waals surface area contributed by atoms with E-state index >= 15 is 0 Å². The van der Waals surface area contributed by atoms with Gasteiger partial charge in [-0.1, -0.05) is 0 Å². The van der Waals surface area contributed by atoms with Crippen molar-refractivity contribution in [1.82, 2.24) is 0 Å². The van der Waals surface area contributed by atoms with E-state index in [9.17, 15) is 0 Å². The van der Waals surface area contributed by atoms with E-state index in [1.54, 1.807) is 0 Å². The summed E-state index contributed by atoms with van der Waals surface area (Å²) in [5.74, 6) is 0. The Morgan fingerprint density at radius 2 is 1.10 bits per heavy atom. The fourth-order valence-electron chi connectivity index (χ4n) is 0. The zero-order chi connectivity index (χ0) is 4.50. The number of hydrogen-bond acceptors (Lipinski definition) is 1. The Balaban J connectivity index is -0.00000000800. The Morgan fingerprint density at radius 1 is 1.10 bits per heavy atom. The van der Waals surface area contributed by atoms with Gasteiger partial charge in [0.1, 0.15) is 0 Å². The van der Waals surface area contributed by atoms with Crippen LogP contribution in [-0.2, 0) is 38.7 Å². The van der Waals surface area contributed by atoms with E-state index in [1.807, 2.05) is 0 Å². The molecule has 0 atom stereocenters. The summed E-state index contributed by atoms with van der Waals surface area (Å²) in [7, 11) is -4.64. The van der Waals surface area contributed by atoms with Gasteiger partial charge < -0.3 is 14.7 Å². The summed E-state index contributed by atoms with van der Waals surface area (Å²) in [5.41, 5.74) is 0. The predicted octanol–water partition coefficient (Wildman–Crippen LogP) is -3.68. The van der Waals surface area contributed by atoms with Crippen molar-refractivity contribution in [3.63, 3.8) is 0 Å². The van der Waals surface area contributed by atoms with E-state index in [2.05, 4.69) is 0 Å². The van der Waals surface area contributed by atoms with Crippen molar-refractivity contribution >= 4 is 92.5 Å². The van der Waals surface area contributed by atoms with Gasteiger partial charge in [0.25, 0.3) is 0 Å². The molecule has 0 heterocycles. The first-order valence-corrected chi connectivity index (χ1v) is 2.35. The summed E-state index contributed by atoms with van der Waals surface area (Å²) in [6.07, 6.45) is 0. The molecule has 0 spiro atoms. The average molecular weight is 305 g/mol. The molecule has 0 aromatic rings. The molecule has 0 amide bonds. The molecule has 0 aliphatic heterocycles. The molecular weight excluding hydrogens is 296 g/mol. The Bertz CT molecular complexity index is 71.4. The maximum atomic E-state index is 8.88. The molecule has 0 aromatic carbocycles. The quantitative estimate of drug-likeness (QED) is 0.318. The van der Waals surface area contributed by atoms with Crippen LogP contribution < -0.4 is 0 Å². The molecule has 3 N–H and O–H groups in total. The SMILES string of the molecule is O=P(O)(O)O.[AlH3].[CaH2].[Fe].[Mn].[NaH]. The molecular formula is H9AlCaFeMnNaO4P. The van der Waals surface area contributed by atoms with Gasteiger partial charge in [0.05, 0.1) is 0 Å². The Hall–Kier alpha value is 3.94. The number of rotatable bonds is 0. The second-order valence-corrected chi connectivity index (χ2v) is 1.54. The summed E-state index contributed by atoms with van der Waals surface area (Å²) in [6, 6.07) is 0. The summed E-state index contributed by atoms with van der Waals surface area (Å²) < 4.78 is 8.88. The summed E-state index contributed by atoms with van der Waals surface area (Å²) in [5, 5.41) is 0. The molecule has 1 radical (unpaired) electrons. The van der Waals surface area contributed by atoms with Gasteiger partial charge in [0, 0.05) is 34.1 Å². The monoisotopic (exact) mass is 305 g/mol. The Kier molecular flexibility index (Phi) is 69.1. The Morgan fingerprint density at radius 3 is 1.10 bits per heavy atom. The number of phosphoric acid groups is 1. The van der Waals surface area contributed by atoms with Crippen molar-refractivity contribution in [3.05, 3.63) is 0 Å². The average Bonchev–Trinajstić information content (AvgIpc) is 0.722. The second-order valence-electron chi connectivity index (χ2n) is 0.513. The van der Waals surface area contributed by atoms with Crippen molar-refractivity contribution in [3.8, 4) is 0 Å². The standard InChI is InChI=1S/Al.Ca.Fe.Mn.Na.H3O4P.6H/c;;;;;1-5(2,3)4;;;;;;/h;;;;;(H3,1,2,3,4);;;;;;. The van der Waals surface area contributed by atoms with Crippen LogP contribution in [0, 0.1) is 0 Å². The zero-order valence-electron chi connectivity index (χ0n) is 2.93. The molecule has 0 rings (SSSR count). The van der Waals surface area contributed by atoms with E-state index in [4.69, 9.17) is 19.2 Å². The minimum absolute atomic E-state index is 0. The van der Waals surface area contributed by atoms with E-state index < -0.39 is 7.82 Å². The summed E-state index contributed by atoms with van der Waals surface area (Å²) in [4.78, 5) is 21.6. The van der Waals surface area contributed by atoms with Crippen LogP contribution >= 0.6 is 7.82 Å². The van der Waals surface area contributed by atoms with Crippen LogP contribution in [-0.4, -0.2) is 99.3 Å². The molecule has 10 heavy (non-hydrogen) atoms. The predicted molar refractivity (Wildman–Crippen MR) is 39.9 cm³/mol. The van der Waals surface area contributed by atoms with Crippen molar-refractivity contribution < 1.29 is 53.4 Å². The van der Waals surface area contributed by atoms with E-state index in [0.717, 1.165) is 0 Å². The topological polar surface area (TPSA) is 77.8 Å². The first kappa shape index (κ1) is 37.0. The van der Waals surface area contributed by atoms with Gasteiger partial charge >= 0.3 is 75.1 Å². The minimum atomic E-state index is -4.64. The molecule has 0 aromatic heterocycles. The van der Waals surface area contributed by atoms with Crippen LogP contribution in [0.3, 0.4) is 0 Å². The van der Waals surface area contributed by atoms with Gasteiger partial charge in [-0.2, -0.15) is 0 Å². The van der Waals surface area contributed by atoms with Gasteiger partial charge in [-0.05, 0) is 0 Å². The van der Waals surface area contributed by atoms with Crippen molar-refractivity contribution in [2.24, 2.45) is 0 Å². The van der Waals surface area contributed by atoms with Crippen LogP contribution in [0.2, 0.25) is 0 Å². The molecule has 0 unspecified atom stereocenters. The molecule has 0 bridgehead atoms. The van der Waals surface area contributed by atoms with Gasteiger partial charge in [-0.3, -0.25) is 0 Å². The van der Waals surface area contributed by atoms with Crippen LogP contribution in [0.5, 0.6) is 0 Å². The van der Waals surface area contributed by atoms with Crippen LogP contribution in [0.15, 0.2) is 0 Å². The molecule has 0 aliphatic rings. The van der Waals surface area contributed by atoms with Gasteiger partial charge in [-0.15, -0.1) is 0 Å². The third kappa shape index (κ3) is 92.0. The molecule has 0 saturated carbocycles. The second kappa shape index (κ2) is 18.7. The first-order valence-electron chi connectivity index (χ1n) is 0.783. The summed E-state index contributed by atoms with van der Waals surface area (Å²) >= 11 is 0. The number of hydrogen-bond donors (Lipinski definition) is 3. The van der Waals surface area contributed by atoms with Crippen molar-refractivity contribution in [2.45, 2.75) is 0 Å². The van der Waals surface area contributed by atoms with Gasteiger partial charge in [-0.25, -0.2) is 4.57 Å². The van der Waals surface area contributed by atoms with Crippen molar-refractivity contribution in [1.29, 1.82) is 0 Å². The molecule has 4 nitrogen and oxygen atoms in total. The fraction of sp³-hybridized carbons (Fsp3) is 0. The van der Waals surface area contributed by atoms with Gasteiger partial charge in [0.2, 0.25) is 0 Å². The summed E-state index contributed by atoms with van der Waals surface area (Å²) in [6.45, 7) is 0. The third-order valence-electron chi connectivity index (χ3n) is 0. The van der Waals surface area contributed by atoms with Crippen molar-refractivity contribution in [2.75, 3.05) is 0 Å². The van der Waals surface area contributed by atoms with Crippen LogP contribution in [0.1, 0.15) is 0 Å². The molecule has 59 valence electrons. The van der Waals surface area contributed by atoms with Gasteiger partial charge in [0.15, 0.2) is 17.4 Å². The molecule has 10 heteroatoms. The first-order chi connectivity index (χ1) is 2.00. The van der Waals surface area contributed by atoms with Crippen LogP contribution in [0.4, 0.5) is 0 Å². The third-order valence-corrected chi connectivity index (χ3v) is 0. The molecule has 0 fully saturated rings. The zero-order valence-corrected chi connectivity index (χ0v) is 6.11. The molecule has 0 saturated heterocycles. The Labute approximate surface area is 143 Å². The fourth-order valence-corrected chi connectivity index (χ4v) is 0. The maximum absolute atomic E-state index is 8.88. The van der Waals surface area contributed by atoms with Crippen LogP contribution in [0.25, 0.3) is 0 Å².